The number of carbonyl (C=O) groups excluding carboxylic acids is 1. The standard InChI is InChI=1S/C17H32O4Si/c1-8-13(4)22(14(5)9-2,17(6,7)10-3)21-16(20)12-11-15(18)19/h11-14H,8-10H2,1-7H3,(H,18,19)/b12-11-. The van der Waals surface area contributed by atoms with E-state index in [0.717, 1.165) is 31.4 Å². The van der Waals surface area contributed by atoms with E-state index in [1.54, 1.807) is 0 Å². The Morgan fingerprint density at radius 1 is 1.09 bits per heavy atom. The fraction of sp³-hybridized carbons (Fsp3) is 0.765. The van der Waals surface area contributed by atoms with E-state index >= 15 is 0 Å². The molecular formula is C17H32O4Si. The predicted molar refractivity (Wildman–Crippen MR) is 92.4 cm³/mol. The van der Waals surface area contributed by atoms with Crippen LogP contribution in [0.2, 0.25) is 16.1 Å². The summed E-state index contributed by atoms with van der Waals surface area (Å²) in [4.78, 5) is 22.8. The molecule has 2 atom stereocenters. The van der Waals surface area contributed by atoms with Gasteiger partial charge in [-0.25, -0.2) is 9.59 Å². The molecule has 0 saturated carbocycles. The van der Waals surface area contributed by atoms with Gasteiger partial charge >= 0.3 is 11.9 Å². The molecule has 0 saturated heterocycles. The molecule has 0 bridgehead atoms. The topological polar surface area (TPSA) is 63.6 Å². The number of rotatable bonds is 9. The zero-order chi connectivity index (χ0) is 17.6. The van der Waals surface area contributed by atoms with Crippen LogP contribution in [0, 0.1) is 0 Å². The predicted octanol–water partition coefficient (Wildman–Crippen LogP) is 4.91. The van der Waals surface area contributed by atoms with Crippen molar-refractivity contribution in [1.82, 2.24) is 0 Å². The van der Waals surface area contributed by atoms with Gasteiger partial charge in [0.15, 0.2) is 0 Å². The van der Waals surface area contributed by atoms with Crippen molar-refractivity contribution in [2.75, 3.05) is 0 Å². The lowest BCUT2D eigenvalue weighted by atomic mass is 10.1. The summed E-state index contributed by atoms with van der Waals surface area (Å²) < 4.78 is 6.10. The van der Waals surface area contributed by atoms with Crippen LogP contribution in [0.1, 0.15) is 67.7 Å². The van der Waals surface area contributed by atoms with Crippen molar-refractivity contribution in [3.05, 3.63) is 12.2 Å². The van der Waals surface area contributed by atoms with E-state index in [-0.39, 0.29) is 5.04 Å². The molecule has 0 aromatic carbocycles. The Hall–Kier alpha value is -1.10. The smallest absolute Gasteiger partial charge is 0.328 e. The third-order valence-corrected chi connectivity index (χ3v) is 12.0. The zero-order valence-electron chi connectivity index (χ0n) is 15.1. The molecule has 22 heavy (non-hydrogen) atoms. The van der Waals surface area contributed by atoms with Crippen LogP contribution in [0.3, 0.4) is 0 Å². The third kappa shape index (κ3) is 4.45. The molecule has 128 valence electrons. The van der Waals surface area contributed by atoms with Crippen molar-refractivity contribution >= 4 is 20.3 Å². The molecule has 0 spiro atoms. The number of carbonyl (C=O) groups is 2. The minimum atomic E-state index is -2.46. The molecular weight excluding hydrogens is 296 g/mol. The van der Waals surface area contributed by atoms with E-state index in [2.05, 4.69) is 48.5 Å². The monoisotopic (exact) mass is 328 g/mol. The highest BCUT2D eigenvalue weighted by Crippen LogP contribution is 2.55. The van der Waals surface area contributed by atoms with E-state index in [4.69, 9.17) is 9.53 Å². The summed E-state index contributed by atoms with van der Waals surface area (Å²) >= 11 is 0. The number of carboxylic acid groups (broad SMARTS) is 1. The molecule has 4 nitrogen and oxygen atoms in total. The van der Waals surface area contributed by atoms with Crippen molar-refractivity contribution < 1.29 is 19.1 Å². The van der Waals surface area contributed by atoms with Crippen molar-refractivity contribution in [2.24, 2.45) is 0 Å². The molecule has 0 fully saturated rings. The van der Waals surface area contributed by atoms with Crippen LogP contribution in [0.15, 0.2) is 12.2 Å². The molecule has 0 radical (unpaired) electrons. The Bertz CT molecular complexity index is 405. The average Bonchev–Trinajstić information content (AvgIpc) is 2.48. The number of hydrogen-bond donors (Lipinski definition) is 1. The Labute approximate surface area is 136 Å². The van der Waals surface area contributed by atoms with Gasteiger partial charge < -0.3 is 9.53 Å². The molecule has 0 amide bonds. The van der Waals surface area contributed by atoms with E-state index in [1.165, 1.54) is 0 Å². The highest BCUT2D eigenvalue weighted by atomic mass is 28.4. The summed E-state index contributed by atoms with van der Waals surface area (Å²) in [7, 11) is -2.46. The number of hydrogen-bond acceptors (Lipinski definition) is 3. The summed E-state index contributed by atoms with van der Waals surface area (Å²) in [5.41, 5.74) is 0.638. The maximum atomic E-state index is 12.2. The molecule has 0 aliphatic carbocycles. The van der Waals surface area contributed by atoms with Gasteiger partial charge in [-0.3, -0.25) is 0 Å². The molecule has 5 heteroatoms. The first-order chi connectivity index (χ1) is 10.1. The van der Waals surface area contributed by atoms with Crippen molar-refractivity contribution in [1.29, 1.82) is 0 Å². The molecule has 0 aromatic rings. The van der Waals surface area contributed by atoms with Crippen molar-refractivity contribution in [3.8, 4) is 0 Å². The van der Waals surface area contributed by atoms with E-state index in [1.807, 2.05) is 0 Å². The molecule has 0 aromatic heterocycles. The van der Waals surface area contributed by atoms with Gasteiger partial charge in [0, 0.05) is 12.2 Å². The maximum Gasteiger partial charge on any atom is 0.328 e. The molecule has 0 heterocycles. The molecule has 0 aliphatic rings. The zero-order valence-corrected chi connectivity index (χ0v) is 16.1. The second-order valence-corrected chi connectivity index (χ2v) is 11.9. The molecule has 1 N–H and O–H groups in total. The van der Waals surface area contributed by atoms with Gasteiger partial charge in [0.2, 0.25) is 0 Å². The lowest BCUT2D eigenvalue weighted by Crippen LogP contribution is -2.55. The SMILES string of the molecule is CCC(C)[Si](OC(=O)/C=C\C(=O)O)(C(C)CC)C(C)(C)CC. The van der Waals surface area contributed by atoms with Crippen LogP contribution in [0.5, 0.6) is 0 Å². The lowest BCUT2D eigenvalue weighted by molar-refractivity contribution is -0.133. The number of aliphatic carboxylic acids is 1. The lowest BCUT2D eigenvalue weighted by Gasteiger charge is -2.50. The summed E-state index contributed by atoms with van der Waals surface area (Å²) in [5.74, 6) is -1.65. The average molecular weight is 329 g/mol. The Morgan fingerprint density at radius 3 is 1.86 bits per heavy atom. The quantitative estimate of drug-likeness (QED) is 0.482. The fourth-order valence-electron chi connectivity index (χ4n) is 3.38. The highest BCUT2D eigenvalue weighted by Gasteiger charge is 2.57. The normalized spacial score (nSPS) is 17.8. The van der Waals surface area contributed by atoms with Gasteiger partial charge in [0.05, 0.1) is 0 Å². The second-order valence-electron chi connectivity index (χ2n) is 6.74. The van der Waals surface area contributed by atoms with Gasteiger partial charge in [-0.2, -0.15) is 0 Å². The summed E-state index contributed by atoms with van der Waals surface area (Å²) in [5, 5.41) is 8.63. The van der Waals surface area contributed by atoms with Crippen molar-refractivity contribution in [2.45, 2.75) is 83.8 Å². The maximum absolute atomic E-state index is 12.2. The minimum absolute atomic E-state index is 0.0649. The first kappa shape index (κ1) is 20.9. The van der Waals surface area contributed by atoms with E-state index in [9.17, 15) is 9.59 Å². The first-order valence-corrected chi connectivity index (χ1v) is 10.3. The summed E-state index contributed by atoms with van der Waals surface area (Å²) in [6.07, 6.45) is 4.74. The van der Waals surface area contributed by atoms with Crippen LogP contribution >= 0.6 is 0 Å². The van der Waals surface area contributed by atoms with Crippen molar-refractivity contribution in [3.63, 3.8) is 0 Å². The van der Waals surface area contributed by atoms with Gasteiger partial charge in [0.25, 0.3) is 8.32 Å². The summed E-state index contributed by atoms with van der Waals surface area (Å²) in [6, 6.07) is 0. The van der Waals surface area contributed by atoms with E-state index in [0.29, 0.717) is 11.1 Å². The summed E-state index contributed by atoms with van der Waals surface area (Å²) in [6.45, 7) is 15.1. The van der Waals surface area contributed by atoms with Crippen LogP contribution < -0.4 is 0 Å². The fourth-order valence-corrected chi connectivity index (χ4v) is 9.87. The molecule has 0 rings (SSSR count). The van der Waals surface area contributed by atoms with Gasteiger partial charge in [-0.05, 0) is 16.1 Å². The first-order valence-electron chi connectivity index (χ1n) is 8.22. The Balaban J connectivity index is 5.85. The van der Waals surface area contributed by atoms with Crippen LogP contribution in [-0.4, -0.2) is 25.4 Å². The van der Waals surface area contributed by atoms with Gasteiger partial charge in [0.1, 0.15) is 0 Å². The van der Waals surface area contributed by atoms with Crippen LogP contribution in [0.25, 0.3) is 0 Å². The minimum Gasteiger partial charge on any atom is -0.515 e. The van der Waals surface area contributed by atoms with Gasteiger partial charge in [-0.15, -0.1) is 0 Å². The number of carboxylic acids is 1. The van der Waals surface area contributed by atoms with Gasteiger partial charge in [-0.1, -0.05) is 67.7 Å². The van der Waals surface area contributed by atoms with E-state index < -0.39 is 20.3 Å². The molecule has 2 unspecified atom stereocenters. The Morgan fingerprint density at radius 2 is 1.55 bits per heavy atom. The highest BCUT2D eigenvalue weighted by molar-refractivity contribution is 6.80. The largest absolute Gasteiger partial charge is 0.515 e. The Kier molecular flexibility index (Phi) is 8.08. The third-order valence-electron chi connectivity index (χ3n) is 5.26. The van der Waals surface area contributed by atoms with Crippen LogP contribution in [-0.2, 0) is 14.0 Å². The second kappa shape index (κ2) is 8.51. The van der Waals surface area contributed by atoms with Crippen LogP contribution in [0.4, 0.5) is 0 Å². The molecule has 0 aliphatic heterocycles.